The molecule has 2 aromatic rings. The molecule has 0 aromatic carbocycles. The predicted molar refractivity (Wildman–Crippen MR) is 100 cm³/mol. The van der Waals surface area contributed by atoms with E-state index in [-0.39, 0.29) is 0 Å². The molecule has 0 radical (unpaired) electrons. The number of nitrogens with zero attached hydrogens (tertiary/aromatic N) is 3. The Labute approximate surface area is 150 Å². The lowest BCUT2D eigenvalue weighted by Crippen LogP contribution is -2.41. The number of aryl methyl sites for hydroxylation is 1. The highest BCUT2D eigenvalue weighted by molar-refractivity contribution is 5.61. The molecule has 3 rings (SSSR count). The maximum Gasteiger partial charge on any atom is 0.0983 e. The van der Waals surface area contributed by atoms with Crippen molar-refractivity contribution >= 4 is 0 Å². The molecule has 0 unspecified atom stereocenters. The zero-order valence-corrected chi connectivity index (χ0v) is 15.6. The van der Waals surface area contributed by atoms with Gasteiger partial charge in [-0.3, -0.25) is 9.67 Å². The molecule has 0 aliphatic carbocycles. The molecule has 1 aliphatic heterocycles. The van der Waals surface area contributed by atoms with Crippen molar-refractivity contribution in [2.75, 3.05) is 6.61 Å². The van der Waals surface area contributed by atoms with Gasteiger partial charge in [-0.05, 0) is 30.9 Å². The SMILES string of the molecule is CCC(CC)[C@H]1C[C@@H](NCc2cn(C)nc2-c2cccnc2)CCO1. The first-order valence-corrected chi connectivity index (χ1v) is 9.49. The molecule has 1 saturated heterocycles. The zero-order chi connectivity index (χ0) is 17.6. The fraction of sp³-hybridized carbons (Fsp3) is 0.600. The molecule has 136 valence electrons. The summed E-state index contributed by atoms with van der Waals surface area (Å²) in [6.45, 7) is 6.23. The summed E-state index contributed by atoms with van der Waals surface area (Å²) in [5.74, 6) is 0.675. The molecule has 2 atom stereocenters. The van der Waals surface area contributed by atoms with Crippen molar-refractivity contribution in [1.29, 1.82) is 0 Å². The average molecular weight is 342 g/mol. The molecule has 3 heterocycles. The Morgan fingerprint density at radius 1 is 1.36 bits per heavy atom. The topological polar surface area (TPSA) is 52.0 Å². The number of hydrogen-bond donors (Lipinski definition) is 1. The van der Waals surface area contributed by atoms with Crippen LogP contribution in [0.4, 0.5) is 0 Å². The number of ether oxygens (including phenoxy) is 1. The molecular formula is C20H30N4O. The van der Waals surface area contributed by atoms with Gasteiger partial charge in [-0.15, -0.1) is 0 Å². The van der Waals surface area contributed by atoms with E-state index in [2.05, 4.69) is 41.5 Å². The summed E-state index contributed by atoms with van der Waals surface area (Å²) in [5, 5.41) is 8.37. The second kappa shape index (κ2) is 8.59. The van der Waals surface area contributed by atoms with Gasteiger partial charge in [-0.2, -0.15) is 5.10 Å². The van der Waals surface area contributed by atoms with Crippen molar-refractivity contribution in [2.45, 2.75) is 58.2 Å². The van der Waals surface area contributed by atoms with Crippen LogP contribution in [0, 0.1) is 5.92 Å². The van der Waals surface area contributed by atoms with Crippen molar-refractivity contribution in [3.8, 4) is 11.3 Å². The third-order valence-electron chi connectivity index (χ3n) is 5.31. The van der Waals surface area contributed by atoms with Gasteiger partial charge >= 0.3 is 0 Å². The number of rotatable bonds is 7. The Bertz CT molecular complexity index is 651. The highest BCUT2D eigenvalue weighted by Crippen LogP contribution is 2.26. The molecule has 1 aliphatic rings. The van der Waals surface area contributed by atoms with Crippen molar-refractivity contribution < 1.29 is 4.74 Å². The molecule has 0 amide bonds. The fourth-order valence-corrected chi connectivity index (χ4v) is 3.82. The number of pyridine rings is 1. The summed E-state index contributed by atoms with van der Waals surface area (Å²) < 4.78 is 7.92. The standard InChI is InChI=1S/C20H30N4O/c1-4-15(5-2)19-11-18(8-10-25-19)22-13-17-14-24(3)23-20(17)16-7-6-9-21-12-16/h6-7,9,12,14-15,18-19,22H,4-5,8,10-11,13H2,1-3H3/t18-,19+/m0/s1. The monoisotopic (exact) mass is 342 g/mol. The van der Waals surface area contributed by atoms with Crippen LogP contribution in [0.3, 0.4) is 0 Å². The van der Waals surface area contributed by atoms with Crippen molar-refractivity contribution in [1.82, 2.24) is 20.1 Å². The lowest BCUT2D eigenvalue weighted by Gasteiger charge is -2.34. The lowest BCUT2D eigenvalue weighted by molar-refractivity contribution is -0.0350. The fourth-order valence-electron chi connectivity index (χ4n) is 3.82. The summed E-state index contributed by atoms with van der Waals surface area (Å²) in [7, 11) is 1.97. The van der Waals surface area contributed by atoms with Crippen molar-refractivity contribution in [3.63, 3.8) is 0 Å². The van der Waals surface area contributed by atoms with E-state index in [1.165, 1.54) is 18.4 Å². The average Bonchev–Trinajstić information content (AvgIpc) is 3.03. The molecule has 25 heavy (non-hydrogen) atoms. The smallest absolute Gasteiger partial charge is 0.0983 e. The van der Waals surface area contributed by atoms with E-state index in [9.17, 15) is 0 Å². The molecule has 0 saturated carbocycles. The van der Waals surface area contributed by atoms with Crippen LogP contribution in [0.5, 0.6) is 0 Å². The van der Waals surface area contributed by atoms with Crippen LogP contribution in [0.15, 0.2) is 30.7 Å². The number of aromatic nitrogens is 3. The van der Waals surface area contributed by atoms with Crippen molar-refractivity contribution in [2.24, 2.45) is 13.0 Å². The van der Waals surface area contributed by atoms with Gasteiger partial charge in [0, 0.05) is 56.0 Å². The first-order chi connectivity index (χ1) is 12.2. The minimum atomic E-state index is 0.396. The molecule has 0 spiro atoms. The van der Waals surface area contributed by atoms with E-state index in [1.807, 2.05) is 24.0 Å². The Morgan fingerprint density at radius 2 is 2.20 bits per heavy atom. The minimum absolute atomic E-state index is 0.396. The van der Waals surface area contributed by atoms with Gasteiger partial charge in [-0.1, -0.05) is 26.7 Å². The Balaban J connectivity index is 1.64. The maximum atomic E-state index is 6.04. The van der Waals surface area contributed by atoms with Gasteiger partial charge in [0.25, 0.3) is 0 Å². The van der Waals surface area contributed by atoms with Gasteiger partial charge in [-0.25, -0.2) is 0 Å². The van der Waals surface area contributed by atoms with Crippen LogP contribution in [0.1, 0.15) is 45.1 Å². The van der Waals surface area contributed by atoms with Crippen LogP contribution in [-0.4, -0.2) is 33.5 Å². The molecule has 5 heteroatoms. The van der Waals surface area contributed by atoms with E-state index in [1.54, 1.807) is 6.20 Å². The van der Waals surface area contributed by atoms with Gasteiger partial charge in [0.15, 0.2) is 0 Å². The third kappa shape index (κ3) is 4.47. The van der Waals surface area contributed by atoms with Crippen LogP contribution >= 0.6 is 0 Å². The Hall–Kier alpha value is -1.72. The van der Waals surface area contributed by atoms with Crippen LogP contribution in [0.2, 0.25) is 0 Å². The minimum Gasteiger partial charge on any atom is -0.378 e. The van der Waals surface area contributed by atoms with E-state index < -0.39 is 0 Å². The second-order valence-electron chi connectivity index (χ2n) is 7.01. The van der Waals surface area contributed by atoms with Crippen LogP contribution < -0.4 is 5.32 Å². The zero-order valence-electron chi connectivity index (χ0n) is 15.6. The normalized spacial score (nSPS) is 21.0. The summed E-state index contributed by atoms with van der Waals surface area (Å²) in [5.41, 5.74) is 3.31. The molecule has 1 fully saturated rings. The van der Waals surface area contributed by atoms with Gasteiger partial charge < -0.3 is 10.1 Å². The predicted octanol–water partition coefficient (Wildman–Crippen LogP) is 3.56. The number of hydrogen-bond acceptors (Lipinski definition) is 4. The summed E-state index contributed by atoms with van der Waals surface area (Å²) in [6.07, 6.45) is 10.8. The lowest BCUT2D eigenvalue weighted by atomic mass is 9.89. The van der Waals surface area contributed by atoms with E-state index >= 15 is 0 Å². The van der Waals surface area contributed by atoms with Gasteiger partial charge in [0.05, 0.1) is 11.8 Å². The Morgan fingerprint density at radius 3 is 2.92 bits per heavy atom. The molecule has 2 aromatic heterocycles. The quantitative estimate of drug-likeness (QED) is 0.836. The van der Waals surface area contributed by atoms with Gasteiger partial charge in [0.2, 0.25) is 0 Å². The molecule has 1 N–H and O–H groups in total. The Kier molecular flexibility index (Phi) is 6.21. The highest BCUT2D eigenvalue weighted by Gasteiger charge is 2.27. The first kappa shape index (κ1) is 18.1. The largest absolute Gasteiger partial charge is 0.378 e. The number of nitrogens with one attached hydrogen (secondary N) is 1. The highest BCUT2D eigenvalue weighted by atomic mass is 16.5. The third-order valence-corrected chi connectivity index (χ3v) is 5.31. The maximum absolute atomic E-state index is 6.04. The summed E-state index contributed by atoms with van der Waals surface area (Å²) in [4.78, 5) is 4.22. The summed E-state index contributed by atoms with van der Waals surface area (Å²) in [6, 6.07) is 4.54. The van der Waals surface area contributed by atoms with Crippen molar-refractivity contribution in [3.05, 3.63) is 36.3 Å². The van der Waals surface area contributed by atoms with Crippen LogP contribution in [0.25, 0.3) is 11.3 Å². The van der Waals surface area contributed by atoms with Crippen LogP contribution in [-0.2, 0) is 18.3 Å². The molecular weight excluding hydrogens is 312 g/mol. The molecule has 0 bridgehead atoms. The van der Waals surface area contributed by atoms with Gasteiger partial charge in [0.1, 0.15) is 0 Å². The first-order valence-electron chi connectivity index (χ1n) is 9.49. The molecule has 5 nitrogen and oxygen atoms in total. The second-order valence-corrected chi connectivity index (χ2v) is 7.01. The summed E-state index contributed by atoms with van der Waals surface area (Å²) >= 11 is 0. The van der Waals surface area contributed by atoms with E-state index in [4.69, 9.17) is 4.74 Å². The van der Waals surface area contributed by atoms with E-state index in [0.717, 1.165) is 37.3 Å². The van der Waals surface area contributed by atoms with E-state index in [0.29, 0.717) is 18.1 Å².